The van der Waals surface area contributed by atoms with Gasteiger partial charge in [0, 0.05) is 19.0 Å². The molecule has 0 saturated carbocycles. The van der Waals surface area contributed by atoms with Gasteiger partial charge in [-0.2, -0.15) is 4.98 Å². The fraction of sp³-hybridized carbons (Fsp3) is 0.333. The molecule has 6 heteroatoms. The summed E-state index contributed by atoms with van der Waals surface area (Å²) in [5.74, 6) is 0.580. The van der Waals surface area contributed by atoms with Crippen LogP contribution in [0.3, 0.4) is 0 Å². The Bertz CT molecular complexity index is 516. The lowest BCUT2D eigenvalue weighted by atomic mass is 10.1. The maximum Gasteiger partial charge on any atom is 0.223 e. The van der Waals surface area contributed by atoms with Gasteiger partial charge in [-0.25, -0.2) is 4.39 Å². The fourth-order valence-corrected chi connectivity index (χ4v) is 1.59. The number of rotatable bonds is 5. The van der Waals surface area contributed by atoms with Gasteiger partial charge in [-0.1, -0.05) is 23.4 Å². The zero-order chi connectivity index (χ0) is 13.0. The van der Waals surface area contributed by atoms with Gasteiger partial charge in [0.15, 0.2) is 5.82 Å². The maximum absolute atomic E-state index is 13.4. The van der Waals surface area contributed by atoms with E-state index in [-0.39, 0.29) is 12.1 Å². The quantitative estimate of drug-likeness (QED) is 0.839. The van der Waals surface area contributed by atoms with Gasteiger partial charge < -0.3 is 14.9 Å². The summed E-state index contributed by atoms with van der Waals surface area (Å²) in [6.07, 6.45) is -0.904. The van der Waals surface area contributed by atoms with Gasteiger partial charge in [-0.3, -0.25) is 0 Å². The van der Waals surface area contributed by atoms with Crippen molar-refractivity contribution in [3.05, 3.63) is 47.4 Å². The van der Waals surface area contributed by atoms with Crippen LogP contribution >= 0.6 is 0 Å². The summed E-state index contributed by atoms with van der Waals surface area (Å²) in [6.45, 7) is 2.28. The molecule has 0 fully saturated rings. The van der Waals surface area contributed by atoms with Crippen molar-refractivity contribution in [1.29, 1.82) is 0 Å². The lowest BCUT2D eigenvalue weighted by Crippen LogP contribution is -2.22. The van der Waals surface area contributed by atoms with E-state index >= 15 is 0 Å². The van der Waals surface area contributed by atoms with E-state index in [0.717, 1.165) is 0 Å². The first-order chi connectivity index (χ1) is 8.66. The van der Waals surface area contributed by atoms with E-state index in [4.69, 9.17) is 4.52 Å². The van der Waals surface area contributed by atoms with Crippen LogP contribution in [0.15, 0.2) is 28.8 Å². The monoisotopic (exact) mass is 251 g/mol. The van der Waals surface area contributed by atoms with Crippen LogP contribution < -0.4 is 5.32 Å². The predicted molar refractivity (Wildman–Crippen MR) is 62.1 cm³/mol. The second-order valence-corrected chi connectivity index (χ2v) is 3.90. The molecule has 1 aromatic carbocycles. The van der Waals surface area contributed by atoms with Crippen LogP contribution in [0.5, 0.6) is 0 Å². The standard InChI is InChI=1S/C12H14FN3O2/c1-8-15-12(16-18-8)7-14-6-11(17)9-4-2-3-5-10(9)13/h2-5,11,14,17H,6-7H2,1H3. The minimum Gasteiger partial charge on any atom is -0.387 e. The molecule has 1 unspecified atom stereocenters. The number of nitrogens with one attached hydrogen (secondary N) is 1. The molecule has 2 aromatic rings. The molecule has 5 nitrogen and oxygen atoms in total. The number of hydrogen-bond donors (Lipinski definition) is 2. The van der Waals surface area contributed by atoms with Gasteiger partial charge in [0.1, 0.15) is 5.82 Å². The number of hydrogen-bond acceptors (Lipinski definition) is 5. The van der Waals surface area contributed by atoms with E-state index in [1.54, 1.807) is 25.1 Å². The van der Waals surface area contributed by atoms with Crippen molar-refractivity contribution in [2.45, 2.75) is 19.6 Å². The zero-order valence-corrected chi connectivity index (χ0v) is 9.93. The van der Waals surface area contributed by atoms with Crippen molar-refractivity contribution in [1.82, 2.24) is 15.5 Å². The lowest BCUT2D eigenvalue weighted by Gasteiger charge is -2.11. The molecule has 2 rings (SSSR count). The minimum absolute atomic E-state index is 0.217. The Morgan fingerprint density at radius 1 is 1.44 bits per heavy atom. The van der Waals surface area contributed by atoms with E-state index < -0.39 is 11.9 Å². The van der Waals surface area contributed by atoms with Crippen LogP contribution in [0, 0.1) is 12.7 Å². The Morgan fingerprint density at radius 3 is 2.89 bits per heavy atom. The maximum atomic E-state index is 13.4. The molecule has 0 bridgehead atoms. The molecule has 96 valence electrons. The van der Waals surface area contributed by atoms with Crippen LogP contribution in [-0.2, 0) is 6.54 Å². The molecule has 0 amide bonds. The summed E-state index contributed by atoms with van der Waals surface area (Å²) in [6, 6.07) is 6.15. The lowest BCUT2D eigenvalue weighted by molar-refractivity contribution is 0.169. The van der Waals surface area contributed by atoms with Gasteiger partial charge >= 0.3 is 0 Å². The third kappa shape index (κ3) is 3.12. The van der Waals surface area contributed by atoms with E-state index in [1.165, 1.54) is 6.07 Å². The second kappa shape index (κ2) is 5.70. The molecule has 0 aliphatic heterocycles. The molecule has 0 radical (unpaired) electrons. The molecule has 0 aliphatic rings. The van der Waals surface area contributed by atoms with Gasteiger partial charge in [0.25, 0.3) is 0 Å². The van der Waals surface area contributed by atoms with Crippen LogP contribution in [-0.4, -0.2) is 21.8 Å². The Balaban J connectivity index is 1.85. The van der Waals surface area contributed by atoms with Gasteiger partial charge in [-0.05, 0) is 6.07 Å². The van der Waals surface area contributed by atoms with E-state index in [1.807, 2.05) is 0 Å². The second-order valence-electron chi connectivity index (χ2n) is 3.90. The number of benzene rings is 1. The van der Waals surface area contributed by atoms with Crippen molar-refractivity contribution in [3.8, 4) is 0 Å². The number of halogens is 1. The number of nitrogens with zero attached hydrogens (tertiary/aromatic N) is 2. The normalized spacial score (nSPS) is 12.6. The third-order valence-corrected chi connectivity index (χ3v) is 2.45. The van der Waals surface area contributed by atoms with Crippen LogP contribution in [0.1, 0.15) is 23.4 Å². The van der Waals surface area contributed by atoms with Crippen molar-refractivity contribution in [3.63, 3.8) is 0 Å². The minimum atomic E-state index is -0.904. The average Bonchev–Trinajstić information content (AvgIpc) is 2.75. The molecule has 1 heterocycles. The molecular formula is C12H14FN3O2. The fourth-order valence-electron chi connectivity index (χ4n) is 1.59. The highest BCUT2D eigenvalue weighted by Crippen LogP contribution is 2.15. The summed E-state index contributed by atoms with van der Waals surface area (Å²) >= 11 is 0. The highest BCUT2D eigenvalue weighted by Gasteiger charge is 2.12. The molecule has 0 spiro atoms. The van der Waals surface area contributed by atoms with Crippen molar-refractivity contribution >= 4 is 0 Å². The van der Waals surface area contributed by atoms with E-state index in [9.17, 15) is 9.50 Å². The number of aliphatic hydroxyl groups excluding tert-OH is 1. The third-order valence-electron chi connectivity index (χ3n) is 2.45. The molecule has 18 heavy (non-hydrogen) atoms. The largest absolute Gasteiger partial charge is 0.387 e. The molecule has 0 aliphatic carbocycles. The smallest absolute Gasteiger partial charge is 0.223 e. The van der Waals surface area contributed by atoms with Crippen LogP contribution in [0.4, 0.5) is 4.39 Å². The Labute approximate surface area is 104 Å². The summed E-state index contributed by atoms with van der Waals surface area (Å²) < 4.78 is 18.2. The predicted octanol–water partition coefficient (Wildman–Crippen LogP) is 1.34. The highest BCUT2D eigenvalue weighted by atomic mass is 19.1. The van der Waals surface area contributed by atoms with Crippen LogP contribution in [0.2, 0.25) is 0 Å². The highest BCUT2D eigenvalue weighted by molar-refractivity contribution is 5.19. The molecule has 1 atom stereocenters. The first kappa shape index (κ1) is 12.7. The molecule has 1 aromatic heterocycles. The first-order valence-corrected chi connectivity index (χ1v) is 5.59. The van der Waals surface area contributed by atoms with Crippen molar-refractivity contribution < 1.29 is 14.0 Å². The molecule has 0 saturated heterocycles. The number of aryl methyl sites for hydroxylation is 1. The Hall–Kier alpha value is -1.79. The topological polar surface area (TPSA) is 71.2 Å². The van der Waals surface area contributed by atoms with E-state index in [0.29, 0.717) is 18.3 Å². The molecular weight excluding hydrogens is 237 g/mol. The van der Waals surface area contributed by atoms with Crippen molar-refractivity contribution in [2.75, 3.05) is 6.54 Å². The summed E-state index contributed by atoms with van der Waals surface area (Å²) in [5, 5.41) is 16.5. The summed E-state index contributed by atoms with van der Waals surface area (Å²) in [7, 11) is 0. The van der Waals surface area contributed by atoms with Gasteiger partial charge in [0.05, 0.1) is 12.6 Å². The van der Waals surface area contributed by atoms with E-state index in [2.05, 4.69) is 15.5 Å². The van der Waals surface area contributed by atoms with Gasteiger partial charge in [0.2, 0.25) is 5.89 Å². The summed E-state index contributed by atoms with van der Waals surface area (Å²) in [4.78, 5) is 4.00. The number of aliphatic hydroxyl groups is 1. The zero-order valence-electron chi connectivity index (χ0n) is 9.93. The molecule has 2 N–H and O–H groups in total. The Morgan fingerprint density at radius 2 is 2.22 bits per heavy atom. The van der Waals surface area contributed by atoms with Crippen LogP contribution in [0.25, 0.3) is 0 Å². The Kier molecular flexibility index (Phi) is 4.01. The van der Waals surface area contributed by atoms with Crippen molar-refractivity contribution in [2.24, 2.45) is 0 Å². The average molecular weight is 251 g/mol. The van der Waals surface area contributed by atoms with Gasteiger partial charge in [-0.15, -0.1) is 0 Å². The first-order valence-electron chi connectivity index (χ1n) is 5.59. The SMILES string of the molecule is Cc1nc(CNCC(O)c2ccccc2F)no1. The number of aromatic nitrogens is 2. The summed E-state index contributed by atoms with van der Waals surface area (Å²) in [5.41, 5.74) is 0.272.